The molecule has 0 spiro atoms. The lowest BCUT2D eigenvalue weighted by Gasteiger charge is -2.24. The van der Waals surface area contributed by atoms with Crippen molar-refractivity contribution < 1.29 is 14.6 Å². The summed E-state index contributed by atoms with van der Waals surface area (Å²) < 4.78 is 11.4. The van der Waals surface area contributed by atoms with Crippen LogP contribution < -0.4 is 4.74 Å². The van der Waals surface area contributed by atoms with Crippen molar-refractivity contribution in [2.75, 3.05) is 6.61 Å². The van der Waals surface area contributed by atoms with E-state index in [0.717, 1.165) is 43.6 Å². The van der Waals surface area contributed by atoms with Crippen LogP contribution in [0.3, 0.4) is 0 Å². The first-order valence-electron chi connectivity index (χ1n) is 7.34. The standard InChI is InChI=1S/C16H22O3/c1-2-9-18-12-5-3-11(4-6-12)16(17)14-10-13-7-8-15(14)19-13/h3-6,13-17H,2,7-10H2,1H3. The van der Waals surface area contributed by atoms with Crippen molar-refractivity contribution in [2.24, 2.45) is 5.92 Å². The maximum atomic E-state index is 10.5. The van der Waals surface area contributed by atoms with Gasteiger partial charge in [-0.05, 0) is 43.4 Å². The Balaban J connectivity index is 1.65. The molecule has 2 aliphatic rings. The molecule has 104 valence electrons. The van der Waals surface area contributed by atoms with Gasteiger partial charge in [-0.25, -0.2) is 0 Å². The van der Waals surface area contributed by atoms with Gasteiger partial charge in [-0.15, -0.1) is 0 Å². The van der Waals surface area contributed by atoms with Gasteiger partial charge in [-0.2, -0.15) is 0 Å². The summed E-state index contributed by atoms with van der Waals surface area (Å²) in [5.74, 6) is 1.14. The highest BCUT2D eigenvalue weighted by molar-refractivity contribution is 5.29. The van der Waals surface area contributed by atoms with E-state index in [1.165, 1.54) is 0 Å². The van der Waals surface area contributed by atoms with Crippen molar-refractivity contribution in [3.63, 3.8) is 0 Å². The summed E-state index contributed by atoms with van der Waals surface area (Å²) in [5.41, 5.74) is 0.977. The lowest BCUT2D eigenvalue weighted by atomic mass is 9.83. The summed E-state index contributed by atoms with van der Waals surface area (Å²) in [5, 5.41) is 10.5. The summed E-state index contributed by atoms with van der Waals surface area (Å²) in [6.45, 7) is 2.83. The van der Waals surface area contributed by atoms with Crippen LogP contribution in [0.5, 0.6) is 5.75 Å². The van der Waals surface area contributed by atoms with E-state index in [0.29, 0.717) is 6.10 Å². The second-order valence-electron chi connectivity index (χ2n) is 5.64. The number of ether oxygens (including phenoxy) is 2. The van der Waals surface area contributed by atoms with Crippen LogP contribution in [0.2, 0.25) is 0 Å². The van der Waals surface area contributed by atoms with Crippen LogP contribution in [0.15, 0.2) is 24.3 Å². The number of rotatable bonds is 5. The molecule has 2 saturated heterocycles. The van der Waals surface area contributed by atoms with E-state index in [1.807, 2.05) is 24.3 Å². The van der Waals surface area contributed by atoms with Gasteiger partial charge in [0.25, 0.3) is 0 Å². The molecule has 2 fully saturated rings. The Hall–Kier alpha value is -1.06. The zero-order chi connectivity index (χ0) is 13.2. The highest BCUT2D eigenvalue weighted by Gasteiger charge is 2.44. The predicted octanol–water partition coefficient (Wildman–Crippen LogP) is 3.08. The first-order chi connectivity index (χ1) is 9.28. The smallest absolute Gasteiger partial charge is 0.119 e. The normalized spacial score (nSPS) is 30.5. The number of benzene rings is 1. The Morgan fingerprint density at radius 2 is 2.11 bits per heavy atom. The largest absolute Gasteiger partial charge is 0.494 e. The Morgan fingerprint density at radius 1 is 1.32 bits per heavy atom. The van der Waals surface area contributed by atoms with Crippen LogP contribution in [-0.2, 0) is 4.74 Å². The van der Waals surface area contributed by atoms with Crippen molar-refractivity contribution in [3.8, 4) is 5.75 Å². The van der Waals surface area contributed by atoms with Crippen LogP contribution in [-0.4, -0.2) is 23.9 Å². The fraction of sp³-hybridized carbons (Fsp3) is 0.625. The SMILES string of the molecule is CCCOc1ccc(C(O)C2CC3CCC2O3)cc1. The maximum absolute atomic E-state index is 10.5. The summed E-state index contributed by atoms with van der Waals surface area (Å²) in [6.07, 6.45) is 4.51. The van der Waals surface area contributed by atoms with Crippen molar-refractivity contribution >= 4 is 0 Å². The molecule has 3 rings (SSSR count). The minimum Gasteiger partial charge on any atom is -0.494 e. The average molecular weight is 262 g/mol. The molecule has 1 aromatic carbocycles. The molecule has 0 saturated carbocycles. The summed E-state index contributed by atoms with van der Waals surface area (Å²) >= 11 is 0. The van der Waals surface area contributed by atoms with Crippen LogP contribution in [0, 0.1) is 5.92 Å². The molecule has 2 bridgehead atoms. The Bertz CT molecular complexity index is 415. The van der Waals surface area contributed by atoms with Crippen molar-refractivity contribution in [1.29, 1.82) is 0 Å². The number of aliphatic hydroxyl groups is 1. The van der Waals surface area contributed by atoms with Crippen LogP contribution in [0.1, 0.15) is 44.3 Å². The van der Waals surface area contributed by atoms with Gasteiger partial charge in [0.2, 0.25) is 0 Å². The third kappa shape index (κ3) is 2.63. The fourth-order valence-corrected chi connectivity index (χ4v) is 3.24. The second kappa shape index (κ2) is 5.51. The minimum absolute atomic E-state index is 0.260. The monoisotopic (exact) mass is 262 g/mol. The molecule has 3 nitrogen and oxygen atoms in total. The maximum Gasteiger partial charge on any atom is 0.119 e. The van der Waals surface area contributed by atoms with Gasteiger partial charge >= 0.3 is 0 Å². The van der Waals surface area contributed by atoms with Gasteiger partial charge in [0.05, 0.1) is 24.9 Å². The van der Waals surface area contributed by atoms with E-state index in [-0.39, 0.29) is 12.0 Å². The minimum atomic E-state index is -0.407. The number of aliphatic hydroxyl groups excluding tert-OH is 1. The van der Waals surface area contributed by atoms with E-state index in [4.69, 9.17) is 9.47 Å². The van der Waals surface area contributed by atoms with Gasteiger partial charge in [0.15, 0.2) is 0 Å². The summed E-state index contributed by atoms with van der Waals surface area (Å²) in [7, 11) is 0. The quantitative estimate of drug-likeness (QED) is 0.886. The van der Waals surface area contributed by atoms with Crippen LogP contribution in [0.25, 0.3) is 0 Å². The van der Waals surface area contributed by atoms with Gasteiger partial charge < -0.3 is 14.6 Å². The molecule has 0 amide bonds. The Morgan fingerprint density at radius 3 is 2.68 bits per heavy atom. The summed E-state index contributed by atoms with van der Waals surface area (Å²) in [4.78, 5) is 0. The van der Waals surface area contributed by atoms with Gasteiger partial charge in [-0.1, -0.05) is 19.1 Å². The highest BCUT2D eigenvalue weighted by atomic mass is 16.5. The molecular weight excluding hydrogens is 240 g/mol. The predicted molar refractivity (Wildman–Crippen MR) is 73.2 cm³/mol. The molecule has 3 heteroatoms. The van der Waals surface area contributed by atoms with Gasteiger partial charge in [-0.3, -0.25) is 0 Å². The molecule has 2 heterocycles. The topological polar surface area (TPSA) is 38.7 Å². The van der Waals surface area contributed by atoms with E-state index in [1.54, 1.807) is 0 Å². The molecule has 2 aliphatic heterocycles. The third-order valence-corrected chi connectivity index (χ3v) is 4.25. The Labute approximate surface area is 114 Å². The molecule has 0 radical (unpaired) electrons. The van der Waals surface area contributed by atoms with E-state index in [9.17, 15) is 5.11 Å². The average Bonchev–Trinajstić information content (AvgIpc) is 3.07. The molecule has 19 heavy (non-hydrogen) atoms. The summed E-state index contributed by atoms with van der Waals surface area (Å²) in [6, 6.07) is 7.84. The molecule has 1 N–H and O–H groups in total. The van der Waals surface area contributed by atoms with Gasteiger partial charge in [0, 0.05) is 5.92 Å². The van der Waals surface area contributed by atoms with Crippen LogP contribution in [0.4, 0.5) is 0 Å². The molecule has 4 unspecified atom stereocenters. The number of fused-ring (bicyclic) bond motifs is 2. The molecule has 0 aromatic heterocycles. The first kappa shape index (κ1) is 12.9. The highest BCUT2D eigenvalue weighted by Crippen LogP contribution is 2.44. The number of hydrogen-bond acceptors (Lipinski definition) is 3. The Kier molecular flexibility index (Phi) is 3.76. The molecule has 4 atom stereocenters. The van der Waals surface area contributed by atoms with E-state index >= 15 is 0 Å². The number of hydrogen-bond donors (Lipinski definition) is 1. The van der Waals surface area contributed by atoms with Gasteiger partial charge in [0.1, 0.15) is 5.75 Å². The molecular formula is C16H22O3. The van der Waals surface area contributed by atoms with Crippen molar-refractivity contribution in [2.45, 2.75) is 50.9 Å². The fourth-order valence-electron chi connectivity index (χ4n) is 3.24. The lowest BCUT2D eigenvalue weighted by Crippen LogP contribution is -2.23. The zero-order valence-electron chi connectivity index (χ0n) is 11.4. The van der Waals surface area contributed by atoms with E-state index in [2.05, 4.69) is 6.92 Å². The zero-order valence-corrected chi connectivity index (χ0v) is 11.4. The van der Waals surface area contributed by atoms with Crippen molar-refractivity contribution in [1.82, 2.24) is 0 Å². The molecule has 0 aliphatic carbocycles. The van der Waals surface area contributed by atoms with E-state index < -0.39 is 6.10 Å². The van der Waals surface area contributed by atoms with Crippen molar-refractivity contribution in [3.05, 3.63) is 29.8 Å². The first-order valence-corrected chi connectivity index (χ1v) is 7.34. The third-order valence-electron chi connectivity index (χ3n) is 4.25. The second-order valence-corrected chi connectivity index (χ2v) is 5.64. The molecule has 1 aromatic rings. The van der Waals surface area contributed by atoms with Crippen LogP contribution >= 0.6 is 0 Å². The lowest BCUT2D eigenvalue weighted by molar-refractivity contribution is 0.0422.